The predicted molar refractivity (Wildman–Crippen MR) is 101 cm³/mol. The van der Waals surface area contributed by atoms with E-state index in [2.05, 4.69) is 77.7 Å². The maximum Gasteiger partial charge on any atom is 0.0936 e. The smallest absolute Gasteiger partial charge is 0.0936 e. The average molecular weight is 313 g/mol. The van der Waals surface area contributed by atoms with Gasteiger partial charge in [0.25, 0.3) is 0 Å². The Morgan fingerprint density at radius 2 is 1.46 bits per heavy atom. The Morgan fingerprint density at radius 3 is 2.12 bits per heavy atom. The Kier molecular flexibility index (Phi) is 3.62. The molecule has 0 spiro atoms. The molecule has 2 aromatic carbocycles. The quantitative estimate of drug-likeness (QED) is 0.550. The number of hydrogen-bond donors (Lipinski definition) is 1. The van der Waals surface area contributed by atoms with Gasteiger partial charge in [-0.15, -0.1) is 0 Å². The van der Waals surface area contributed by atoms with Crippen molar-refractivity contribution in [2.24, 2.45) is 0 Å². The van der Waals surface area contributed by atoms with Crippen LogP contribution in [0.25, 0.3) is 21.8 Å². The first kappa shape index (κ1) is 14.6. The normalized spacial score (nSPS) is 11.1. The van der Waals surface area contributed by atoms with Crippen molar-refractivity contribution in [2.45, 2.75) is 20.3 Å². The van der Waals surface area contributed by atoms with Crippen LogP contribution in [0, 0.1) is 6.92 Å². The largest absolute Gasteiger partial charge is 0.352 e. The van der Waals surface area contributed by atoms with Gasteiger partial charge in [-0.1, -0.05) is 31.2 Å². The van der Waals surface area contributed by atoms with E-state index in [1.165, 1.54) is 11.1 Å². The molecule has 3 nitrogen and oxygen atoms in total. The molecule has 0 aliphatic carbocycles. The number of nitrogens with one attached hydrogen (secondary N) is 1. The summed E-state index contributed by atoms with van der Waals surface area (Å²) in [6, 6.07) is 16.8. The zero-order valence-corrected chi connectivity index (χ0v) is 13.9. The lowest BCUT2D eigenvalue weighted by Gasteiger charge is -2.12. The molecule has 0 unspecified atom stereocenters. The van der Waals surface area contributed by atoms with Gasteiger partial charge in [-0.2, -0.15) is 0 Å². The van der Waals surface area contributed by atoms with E-state index in [-0.39, 0.29) is 0 Å². The monoisotopic (exact) mass is 313 g/mol. The van der Waals surface area contributed by atoms with E-state index in [1.807, 2.05) is 12.4 Å². The third-order valence-corrected chi connectivity index (χ3v) is 4.29. The van der Waals surface area contributed by atoms with Crippen LogP contribution in [0.3, 0.4) is 0 Å². The second-order valence-corrected chi connectivity index (χ2v) is 6.09. The first-order chi connectivity index (χ1) is 11.7. The SMILES string of the molecule is CCc1cnc2c(Nc3cccc4cc(C)cnc34)cccc2c1. The minimum atomic E-state index is 0.977. The van der Waals surface area contributed by atoms with Gasteiger partial charge in [-0.05, 0) is 48.7 Å². The van der Waals surface area contributed by atoms with Crippen molar-refractivity contribution in [3.63, 3.8) is 0 Å². The van der Waals surface area contributed by atoms with Gasteiger partial charge in [0.1, 0.15) is 0 Å². The summed E-state index contributed by atoms with van der Waals surface area (Å²) in [6.45, 7) is 4.21. The minimum Gasteiger partial charge on any atom is -0.352 e. The number of hydrogen-bond acceptors (Lipinski definition) is 3. The zero-order chi connectivity index (χ0) is 16.5. The molecule has 0 radical (unpaired) electrons. The highest BCUT2D eigenvalue weighted by Crippen LogP contribution is 2.29. The topological polar surface area (TPSA) is 37.8 Å². The van der Waals surface area contributed by atoms with Crippen molar-refractivity contribution in [3.05, 3.63) is 72.1 Å². The van der Waals surface area contributed by atoms with Gasteiger partial charge < -0.3 is 5.32 Å². The molecule has 0 saturated heterocycles. The Labute approximate surface area is 141 Å². The number of para-hydroxylation sites is 2. The van der Waals surface area contributed by atoms with Crippen LogP contribution in [0.4, 0.5) is 11.4 Å². The molecule has 0 saturated carbocycles. The third kappa shape index (κ3) is 2.58. The molecule has 0 bridgehead atoms. The number of fused-ring (bicyclic) bond motifs is 2. The van der Waals surface area contributed by atoms with Gasteiger partial charge in [0.2, 0.25) is 0 Å². The van der Waals surface area contributed by atoms with Crippen LogP contribution in [0.5, 0.6) is 0 Å². The summed E-state index contributed by atoms with van der Waals surface area (Å²) in [5.74, 6) is 0. The van der Waals surface area contributed by atoms with Gasteiger partial charge in [-0.25, -0.2) is 0 Å². The Morgan fingerprint density at radius 1 is 0.833 bits per heavy atom. The first-order valence-electron chi connectivity index (χ1n) is 8.24. The van der Waals surface area contributed by atoms with E-state index in [0.29, 0.717) is 0 Å². The van der Waals surface area contributed by atoms with Crippen molar-refractivity contribution in [3.8, 4) is 0 Å². The molecule has 4 rings (SSSR count). The Hall–Kier alpha value is -2.94. The molecule has 0 fully saturated rings. The van der Waals surface area contributed by atoms with Crippen molar-refractivity contribution in [1.82, 2.24) is 9.97 Å². The van der Waals surface area contributed by atoms with E-state index in [0.717, 1.165) is 39.6 Å². The number of rotatable bonds is 3. The Balaban J connectivity index is 1.82. The number of pyridine rings is 2. The highest BCUT2D eigenvalue weighted by molar-refractivity contribution is 5.97. The summed E-state index contributed by atoms with van der Waals surface area (Å²) >= 11 is 0. The van der Waals surface area contributed by atoms with Crippen LogP contribution >= 0.6 is 0 Å². The van der Waals surface area contributed by atoms with Gasteiger partial charge in [0.05, 0.1) is 22.4 Å². The molecule has 0 aliphatic rings. The summed E-state index contributed by atoms with van der Waals surface area (Å²) in [7, 11) is 0. The molecule has 0 aliphatic heterocycles. The summed E-state index contributed by atoms with van der Waals surface area (Å²) in [6.07, 6.45) is 4.85. The number of aryl methyl sites for hydroxylation is 2. The summed E-state index contributed by atoms with van der Waals surface area (Å²) in [4.78, 5) is 9.26. The molecule has 0 amide bonds. The Bertz CT molecular complexity index is 1040. The molecular formula is C21H19N3. The van der Waals surface area contributed by atoms with Crippen LogP contribution in [0.1, 0.15) is 18.1 Å². The fourth-order valence-corrected chi connectivity index (χ4v) is 3.02. The van der Waals surface area contributed by atoms with Crippen LogP contribution in [-0.4, -0.2) is 9.97 Å². The van der Waals surface area contributed by atoms with E-state index in [1.54, 1.807) is 0 Å². The van der Waals surface area contributed by atoms with E-state index in [4.69, 9.17) is 0 Å². The molecule has 3 heteroatoms. The zero-order valence-electron chi connectivity index (χ0n) is 13.9. The van der Waals surface area contributed by atoms with E-state index >= 15 is 0 Å². The highest BCUT2D eigenvalue weighted by Gasteiger charge is 2.07. The number of anilines is 2. The number of nitrogens with zero attached hydrogens (tertiary/aromatic N) is 2. The maximum absolute atomic E-state index is 4.66. The first-order valence-corrected chi connectivity index (χ1v) is 8.24. The molecule has 1 N–H and O–H groups in total. The molecule has 118 valence electrons. The van der Waals surface area contributed by atoms with Gasteiger partial charge in [0.15, 0.2) is 0 Å². The standard InChI is InChI=1S/C21H19N3/c1-3-15-11-17-7-5-9-19(21(17)23-13-15)24-18-8-4-6-16-10-14(2)12-22-20(16)18/h4-13,24H,3H2,1-2H3. The van der Waals surface area contributed by atoms with Crippen molar-refractivity contribution < 1.29 is 0 Å². The highest BCUT2D eigenvalue weighted by atomic mass is 14.9. The molecule has 0 atom stereocenters. The summed E-state index contributed by atoms with van der Waals surface area (Å²) in [5, 5.41) is 5.82. The maximum atomic E-state index is 4.66. The van der Waals surface area contributed by atoms with Gasteiger partial charge in [-0.3, -0.25) is 9.97 Å². The lowest BCUT2D eigenvalue weighted by molar-refractivity contribution is 1.12. The van der Waals surface area contributed by atoms with Crippen LogP contribution in [-0.2, 0) is 6.42 Å². The minimum absolute atomic E-state index is 0.977. The van der Waals surface area contributed by atoms with E-state index < -0.39 is 0 Å². The molecule has 24 heavy (non-hydrogen) atoms. The fraction of sp³-hybridized carbons (Fsp3) is 0.143. The van der Waals surface area contributed by atoms with Crippen LogP contribution in [0.2, 0.25) is 0 Å². The van der Waals surface area contributed by atoms with Crippen LogP contribution in [0.15, 0.2) is 60.9 Å². The van der Waals surface area contributed by atoms with Gasteiger partial charge in [0, 0.05) is 23.2 Å². The average Bonchev–Trinajstić information content (AvgIpc) is 2.61. The van der Waals surface area contributed by atoms with Crippen molar-refractivity contribution in [2.75, 3.05) is 5.32 Å². The van der Waals surface area contributed by atoms with Crippen molar-refractivity contribution >= 4 is 33.2 Å². The summed E-state index contributed by atoms with van der Waals surface area (Å²) < 4.78 is 0. The molecular weight excluding hydrogens is 294 g/mol. The molecule has 4 aromatic rings. The second-order valence-electron chi connectivity index (χ2n) is 6.09. The second kappa shape index (κ2) is 5.93. The van der Waals surface area contributed by atoms with Crippen LogP contribution < -0.4 is 5.32 Å². The number of aromatic nitrogens is 2. The summed E-state index contributed by atoms with van der Waals surface area (Å²) in [5.41, 5.74) is 6.39. The molecule has 2 heterocycles. The fourth-order valence-electron chi connectivity index (χ4n) is 3.02. The lowest BCUT2D eigenvalue weighted by Crippen LogP contribution is -1.96. The predicted octanol–water partition coefficient (Wildman–Crippen LogP) is 5.40. The van der Waals surface area contributed by atoms with Gasteiger partial charge >= 0.3 is 0 Å². The molecule has 2 aromatic heterocycles. The van der Waals surface area contributed by atoms with E-state index in [9.17, 15) is 0 Å². The van der Waals surface area contributed by atoms with Crippen molar-refractivity contribution in [1.29, 1.82) is 0 Å². The number of benzene rings is 2. The third-order valence-electron chi connectivity index (χ3n) is 4.29. The lowest BCUT2D eigenvalue weighted by atomic mass is 10.1.